The van der Waals surface area contributed by atoms with E-state index in [0.717, 1.165) is 18.4 Å². The second-order valence-corrected chi connectivity index (χ2v) is 7.86. The largest absolute Gasteiger partial charge is 0.312 e. The highest BCUT2D eigenvalue weighted by Gasteiger charge is 2.19. The van der Waals surface area contributed by atoms with Crippen LogP contribution in [0.25, 0.3) is 0 Å². The van der Waals surface area contributed by atoms with Gasteiger partial charge in [0.05, 0.1) is 11.5 Å². The molecule has 0 spiro atoms. The van der Waals surface area contributed by atoms with Crippen LogP contribution in [0.5, 0.6) is 0 Å². The molecule has 0 radical (unpaired) electrons. The van der Waals surface area contributed by atoms with Gasteiger partial charge in [0.25, 0.3) is 0 Å². The van der Waals surface area contributed by atoms with Gasteiger partial charge >= 0.3 is 0 Å². The van der Waals surface area contributed by atoms with Crippen molar-refractivity contribution in [2.24, 2.45) is 0 Å². The summed E-state index contributed by atoms with van der Waals surface area (Å²) < 4.78 is 24.1. The Morgan fingerprint density at radius 2 is 1.65 bits per heavy atom. The normalized spacial score (nSPS) is 13.7. The third kappa shape index (κ3) is 5.25. The lowest BCUT2D eigenvalue weighted by Gasteiger charge is -2.17. The van der Waals surface area contributed by atoms with E-state index in [1.54, 1.807) is 0 Å². The summed E-state index contributed by atoms with van der Waals surface area (Å²) in [5.74, 6) is 0.946. The molecule has 0 saturated heterocycles. The molecule has 114 valence electrons. The average Bonchev–Trinajstić information content (AvgIpc) is 2.43. The molecule has 1 aromatic rings. The summed E-state index contributed by atoms with van der Waals surface area (Å²) in [6, 6.07) is 8.11. The van der Waals surface area contributed by atoms with Crippen molar-refractivity contribution in [2.45, 2.75) is 45.6 Å². The van der Waals surface area contributed by atoms with Gasteiger partial charge in [0.2, 0.25) is 0 Å². The van der Waals surface area contributed by atoms with Crippen molar-refractivity contribution >= 4 is 9.84 Å². The Hall–Kier alpha value is -0.870. The van der Waals surface area contributed by atoms with Crippen molar-refractivity contribution < 1.29 is 8.42 Å². The molecule has 0 aromatic heterocycles. The summed E-state index contributed by atoms with van der Waals surface area (Å²) in [7, 11) is -1.18. The molecule has 0 bridgehead atoms. The zero-order chi connectivity index (χ0) is 15.2. The van der Waals surface area contributed by atoms with Gasteiger partial charge in [0.1, 0.15) is 0 Å². The zero-order valence-electron chi connectivity index (χ0n) is 13.0. The number of hydrogen-bond acceptors (Lipinski definition) is 3. The molecule has 0 aliphatic rings. The van der Waals surface area contributed by atoms with E-state index < -0.39 is 9.84 Å². The summed E-state index contributed by atoms with van der Waals surface area (Å²) in [6.07, 6.45) is 1.65. The first-order valence-corrected chi connectivity index (χ1v) is 9.19. The minimum absolute atomic E-state index is 0.127. The number of hydrogen-bond donors (Lipinski definition) is 1. The quantitative estimate of drug-likeness (QED) is 0.801. The first-order valence-electron chi connectivity index (χ1n) is 7.37. The Balaban J connectivity index is 2.80. The van der Waals surface area contributed by atoms with Crippen molar-refractivity contribution in [3.63, 3.8) is 0 Å². The van der Waals surface area contributed by atoms with Crippen LogP contribution in [-0.2, 0) is 9.84 Å². The highest BCUT2D eigenvalue weighted by atomic mass is 32.2. The van der Waals surface area contributed by atoms with Gasteiger partial charge in [-0.15, -0.1) is 0 Å². The summed E-state index contributed by atoms with van der Waals surface area (Å²) >= 11 is 0. The van der Waals surface area contributed by atoms with E-state index in [1.165, 1.54) is 5.56 Å². The van der Waals surface area contributed by atoms with Crippen LogP contribution in [0.15, 0.2) is 24.3 Å². The Morgan fingerprint density at radius 1 is 1.10 bits per heavy atom. The van der Waals surface area contributed by atoms with Gasteiger partial charge in [-0.3, -0.25) is 0 Å². The molecule has 0 heterocycles. The first kappa shape index (κ1) is 17.2. The van der Waals surface area contributed by atoms with Crippen LogP contribution in [0.2, 0.25) is 0 Å². The van der Waals surface area contributed by atoms with E-state index in [2.05, 4.69) is 31.3 Å². The van der Waals surface area contributed by atoms with E-state index in [1.807, 2.05) is 26.1 Å². The smallest absolute Gasteiger partial charge is 0.152 e. The third-order valence-corrected chi connectivity index (χ3v) is 5.34. The van der Waals surface area contributed by atoms with Crippen LogP contribution in [0.4, 0.5) is 0 Å². The van der Waals surface area contributed by atoms with Gasteiger partial charge in [0, 0.05) is 6.04 Å². The average molecular weight is 297 g/mol. The minimum atomic E-state index is -2.99. The second kappa shape index (κ2) is 7.79. The molecule has 4 heteroatoms. The van der Waals surface area contributed by atoms with Gasteiger partial charge < -0.3 is 5.32 Å². The molecule has 1 aromatic carbocycles. The molecule has 1 unspecified atom stereocenters. The first-order chi connectivity index (χ1) is 9.39. The Morgan fingerprint density at radius 3 is 2.10 bits per heavy atom. The highest BCUT2D eigenvalue weighted by molar-refractivity contribution is 7.91. The van der Waals surface area contributed by atoms with E-state index in [0.29, 0.717) is 5.92 Å². The fourth-order valence-electron chi connectivity index (χ4n) is 2.16. The molecule has 0 fully saturated rings. The van der Waals surface area contributed by atoms with Crippen LogP contribution >= 0.6 is 0 Å². The maximum atomic E-state index is 12.1. The lowest BCUT2D eigenvalue weighted by atomic mass is 10.00. The number of nitrogens with one attached hydrogen (secondary N) is 1. The second-order valence-electron chi connectivity index (χ2n) is 5.63. The Bertz CT molecular complexity index is 492. The monoisotopic (exact) mass is 297 g/mol. The van der Waals surface area contributed by atoms with Crippen molar-refractivity contribution in [3.05, 3.63) is 35.4 Å². The lowest BCUT2D eigenvalue weighted by molar-refractivity contribution is 0.571. The van der Waals surface area contributed by atoms with E-state index >= 15 is 0 Å². The Kier molecular flexibility index (Phi) is 6.69. The summed E-state index contributed by atoms with van der Waals surface area (Å²) in [4.78, 5) is 0. The lowest BCUT2D eigenvalue weighted by Crippen LogP contribution is -2.26. The van der Waals surface area contributed by atoms with E-state index in [9.17, 15) is 8.42 Å². The van der Waals surface area contributed by atoms with Crippen molar-refractivity contribution in [2.75, 3.05) is 18.6 Å². The predicted octanol–water partition coefficient (Wildman–Crippen LogP) is 3.29. The number of unbranched alkanes of at least 4 members (excludes halogenated alkanes) is 1. The van der Waals surface area contributed by atoms with Crippen LogP contribution in [0.1, 0.15) is 56.7 Å². The molecule has 1 N–H and O–H groups in total. The van der Waals surface area contributed by atoms with Crippen LogP contribution in [-0.4, -0.2) is 27.0 Å². The van der Waals surface area contributed by atoms with Crippen LogP contribution in [0.3, 0.4) is 0 Å². The number of benzene rings is 1. The molecule has 3 nitrogen and oxygen atoms in total. The zero-order valence-corrected chi connectivity index (χ0v) is 13.8. The number of sulfone groups is 1. The predicted molar refractivity (Wildman–Crippen MR) is 85.9 cm³/mol. The molecule has 20 heavy (non-hydrogen) atoms. The standard InChI is InChI=1S/C16H27NO2S/c1-5-6-11-20(18,19)12-16(17-4)15-9-7-14(8-10-15)13(2)3/h7-10,13,16-17H,5-6,11-12H2,1-4H3. The minimum Gasteiger partial charge on any atom is -0.312 e. The molecular weight excluding hydrogens is 270 g/mol. The van der Waals surface area contributed by atoms with Crippen LogP contribution < -0.4 is 5.32 Å². The molecule has 0 saturated carbocycles. The van der Waals surface area contributed by atoms with Crippen molar-refractivity contribution in [1.82, 2.24) is 5.32 Å². The Labute approximate surface area is 123 Å². The maximum Gasteiger partial charge on any atom is 0.152 e. The van der Waals surface area contributed by atoms with Crippen molar-refractivity contribution in [3.8, 4) is 0 Å². The van der Waals surface area contributed by atoms with Crippen molar-refractivity contribution in [1.29, 1.82) is 0 Å². The summed E-state index contributed by atoms with van der Waals surface area (Å²) in [5, 5.41) is 3.12. The third-order valence-electron chi connectivity index (χ3n) is 3.58. The highest BCUT2D eigenvalue weighted by Crippen LogP contribution is 2.20. The van der Waals surface area contributed by atoms with Gasteiger partial charge in [-0.2, -0.15) is 0 Å². The molecule has 1 atom stereocenters. The van der Waals surface area contributed by atoms with E-state index in [-0.39, 0.29) is 17.5 Å². The van der Waals surface area contributed by atoms with E-state index in [4.69, 9.17) is 0 Å². The van der Waals surface area contributed by atoms with Gasteiger partial charge in [-0.05, 0) is 30.5 Å². The van der Waals surface area contributed by atoms with Gasteiger partial charge in [-0.1, -0.05) is 51.5 Å². The van der Waals surface area contributed by atoms with Gasteiger partial charge in [0.15, 0.2) is 9.84 Å². The molecule has 0 aliphatic heterocycles. The SMILES string of the molecule is CCCCS(=O)(=O)CC(NC)c1ccc(C(C)C)cc1. The molecule has 0 aliphatic carbocycles. The van der Waals surface area contributed by atoms with Crippen LogP contribution in [0, 0.1) is 0 Å². The number of rotatable bonds is 8. The van der Waals surface area contributed by atoms with Gasteiger partial charge in [-0.25, -0.2) is 8.42 Å². The fourth-order valence-corrected chi connectivity index (χ4v) is 3.92. The molecule has 0 amide bonds. The summed E-state index contributed by atoms with van der Waals surface area (Å²) in [5.41, 5.74) is 2.31. The fraction of sp³-hybridized carbons (Fsp3) is 0.625. The maximum absolute atomic E-state index is 12.1. The topological polar surface area (TPSA) is 46.2 Å². The summed E-state index contributed by atoms with van der Waals surface area (Å²) in [6.45, 7) is 6.31. The molecule has 1 rings (SSSR count). The molecular formula is C16H27NO2S.